The van der Waals surface area contributed by atoms with E-state index >= 15 is 0 Å². The summed E-state index contributed by atoms with van der Waals surface area (Å²) in [5.41, 5.74) is 3.58. The first-order valence-electron chi connectivity index (χ1n) is 7.20. The van der Waals surface area contributed by atoms with Gasteiger partial charge in [0.05, 0.1) is 0 Å². The highest BCUT2D eigenvalue weighted by Gasteiger charge is 2.15. The van der Waals surface area contributed by atoms with Gasteiger partial charge in [0.1, 0.15) is 0 Å². The van der Waals surface area contributed by atoms with Crippen molar-refractivity contribution in [3.63, 3.8) is 0 Å². The van der Waals surface area contributed by atoms with Gasteiger partial charge in [-0.1, -0.05) is 24.6 Å². The molecular weight excluding hydrogens is 348 g/mol. The highest BCUT2D eigenvalue weighted by atomic mass is 79.9. The van der Waals surface area contributed by atoms with Gasteiger partial charge in [0.25, 0.3) is 0 Å². The normalized spacial score (nSPS) is 12.4. The molecule has 0 aliphatic heterocycles. The Morgan fingerprint density at radius 2 is 2.10 bits per heavy atom. The summed E-state index contributed by atoms with van der Waals surface area (Å²) < 4.78 is 1.00. The second kappa shape index (κ2) is 7.92. The van der Waals surface area contributed by atoms with Crippen molar-refractivity contribution < 1.29 is 0 Å². The van der Waals surface area contributed by atoms with Gasteiger partial charge >= 0.3 is 0 Å². The van der Waals surface area contributed by atoms with Crippen molar-refractivity contribution in [2.24, 2.45) is 0 Å². The van der Waals surface area contributed by atoms with Crippen molar-refractivity contribution in [2.75, 3.05) is 6.54 Å². The molecule has 2 aromatic rings. The predicted octanol–water partition coefficient (Wildman–Crippen LogP) is 5.09. The van der Waals surface area contributed by atoms with Crippen LogP contribution in [0.5, 0.6) is 0 Å². The Hall–Kier alpha value is -0.900. The van der Waals surface area contributed by atoms with Crippen molar-refractivity contribution in [1.29, 1.82) is 0 Å². The number of nitrogens with zero attached hydrogens (tertiary/aromatic N) is 1. The molecule has 0 radical (unpaired) electrons. The van der Waals surface area contributed by atoms with E-state index in [2.05, 4.69) is 58.3 Å². The molecule has 0 spiro atoms. The Morgan fingerprint density at radius 1 is 1.29 bits per heavy atom. The highest BCUT2D eigenvalue weighted by molar-refractivity contribution is 9.10. The van der Waals surface area contributed by atoms with E-state index < -0.39 is 0 Å². The van der Waals surface area contributed by atoms with Crippen LogP contribution in [-0.2, 0) is 6.42 Å². The summed E-state index contributed by atoms with van der Waals surface area (Å²) in [7, 11) is 0. The van der Waals surface area contributed by atoms with Crippen molar-refractivity contribution in [2.45, 2.75) is 32.7 Å². The van der Waals surface area contributed by atoms with Crippen LogP contribution in [0.2, 0.25) is 5.02 Å². The van der Waals surface area contributed by atoms with Crippen molar-refractivity contribution >= 4 is 27.5 Å². The molecule has 0 amide bonds. The van der Waals surface area contributed by atoms with Gasteiger partial charge in [-0.3, -0.25) is 4.98 Å². The molecule has 0 fully saturated rings. The number of hydrogen-bond donors (Lipinski definition) is 1. The number of nitrogens with one attached hydrogen (secondary N) is 1. The van der Waals surface area contributed by atoms with Crippen LogP contribution < -0.4 is 5.32 Å². The van der Waals surface area contributed by atoms with Crippen LogP contribution in [0.3, 0.4) is 0 Å². The van der Waals surface area contributed by atoms with Gasteiger partial charge in [0.2, 0.25) is 0 Å². The van der Waals surface area contributed by atoms with Crippen molar-refractivity contribution in [3.05, 3.63) is 62.8 Å². The first-order chi connectivity index (χ1) is 10.1. The number of rotatable bonds is 6. The summed E-state index contributed by atoms with van der Waals surface area (Å²) in [6.07, 6.45) is 3.80. The average Bonchev–Trinajstić information content (AvgIpc) is 2.48. The Balaban J connectivity index is 2.25. The number of aryl methyl sites for hydroxylation is 1. The molecular formula is C17H20BrClN2. The summed E-state index contributed by atoms with van der Waals surface area (Å²) >= 11 is 9.59. The molecule has 21 heavy (non-hydrogen) atoms. The molecule has 1 atom stereocenters. The molecule has 2 rings (SSSR count). The fourth-order valence-corrected chi connectivity index (χ4v) is 2.75. The lowest BCUT2D eigenvalue weighted by Gasteiger charge is -2.21. The molecule has 0 bridgehead atoms. The van der Waals surface area contributed by atoms with Crippen LogP contribution in [0.25, 0.3) is 0 Å². The van der Waals surface area contributed by atoms with Crippen LogP contribution in [0.4, 0.5) is 0 Å². The monoisotopic (exact) mass is 366 g/mol. The second-order valence-corrected chi connectivity index (χ2v) is 6.53. The molecule has 0 saturated carbocycles. The number of halogens is 2. The molecule has 1 aromatic heterocycles. The zero-order chi connectivity index (χ0) is 15.2. The predicted molar refractivity (Wildman–Crippen MR) is 92.9 cm³/mol. The third-order valence-electron chi connectivity index (χ3n) is 3.46. The molecule has 1 unspecified atom stereocenters. The third kappa shape index (κ3) is 4.80. The maximum atomic E-state index is 6.17. The Kier molecular flexibility index (Phi) is 6.22. The molecule has 0 aliphatic carbocycles. The van der Waals surface area contributed by atoms with Crippen LogP contribution in [0.1, 0.15) is 36.2 Å². The van der Waals surface area contributed by atoms with Gasteiger partial charge < -0.3 is 5.32 Å². The van der Waals surface area contributed by atoms with E-state index in [-0.39, 0.29) is 6.04 Å². The van der Waals surface area contributed by atoms with E-state index in [1.165, 1.54) is 11.1 Å². The van der Waals surface area contributed by atoms with E-state index in [9.17, 15) is 0 Å². The third-order valence-corrected chi connectivity index (χ3v) is 4.16. The minimum atomic E-state index is 0.234. The van der Waals surface area contributed by atoms with Crippen molar-refractivity contribution in [1.82, 2.24) is 10.3 Å². The Morgan fingerprint density at radius 3 is 2.76 bits per heavy atom. The van der Waals surface area contributed by atoms with Gasteiger partial charge in [-0.25, -0.2) is 0 Å². The van der Waals surface area contributed by atoms with Gasteiger partial charge in [-0.15, -0.1) is 0 Å². The summed E-state index contributed by atoms with van der Waals surface area (Å²) in [5, 5.41) is 4.39. The van der Waals surface area contributed by atoms with E-state index in [1.807, 2.05) is 18.3 Å². The lowest BCUT2D eigenvalue weighted by molar-refractivity contribution is 0.522. The van der Waals surface area contributed by atoms with E-state index in [1.54, 1.807) is 0 Å². The summed E-state index contributed by atoms with van der Waals surface area (Å²) in [5.74, 6) is 0. The fourth-order valence-electron chi connectivity index (χ4n) is 2.33. The Bertz CT molecular complexity index is 584. The van der Waals surface area contributed by atoms with Gasteiger partial charge in [0.15, 0.2) is 0 Å². The van der Waals surface area contributed by atoms with Crippen LogP contribution in [0.15, 0.2) is 41.0 Å². The van der Waals surface area contributed by atoms with Crippen LogP contribution >= 0.6 is 27.5 Å². The zero-order valence-electron chi connectivity index (χ0n) is 12.4. The smallest absolute Gasteiger partial charge is 0.0423 e. The number of aromatic nitrogens is 1. The van der Waals surface area contributed by atoms with Gasteiger partial charge in [0, 0.05) is 33.8 Å². The largest absolute Gasteiger partial charge is 0.310 e. The molecule has 1 N–H and O–H groups in total. The van der Waals surface area contributed by atoms with Crippen LogP contribution in [-0.4, -0.2) is 11.5 Å². The fraction of sp³-hybridized carbons (Fsp3) is 0.353. The molecule has 2 nitrogen and oxygen atoms in total. The Labute approximate surface area is 140 Å². The first-order valence-corrected chi connectivity index (χ1v) is 8.37. The number of pyridine rings is 1. The minimum Gasteiger partial charge on any atom is -0.310 e. The second-order valence-electron chi connectivity index (χ2n) is 5.18. The van der Waals surface area contributed by atoms with Crippen LogP contribution in [0, 0.1) is 6.92 Å². The highest BCUT2D eigenvalue weighted by Crippen LogP contribution is 2.25. The SMILES string of the molecule is CCCNC(Cc1ccc(Br)cn1)c1cc(Cl)ccc1C. The quantitative estimate of drug-likeness (QED) is 0.769. The van der Waals surface area contributed by atoms with Gasteiger partial charge in [-0.2, -0.15) is 0 Å². The minimum absolute atomic E-state index is 0.234. The molecule has 112 valence electrons. The maximum absolute atomic E-state index is 6.17. The standard InChI is InChI=1S/C17H20BrClN2/c1-3-8-20-17(10-15-7-5-13(18)11-21-15)16-9-14(19)6-4-12(16)2/h4-7,9,11,17,20H,3,8,10H2,1-2H3. The topological polar surface area (TPSA) is 24.9 Å². The lowest BCUT2D eigenvalue weighted by atomic mass is 9.97. The molecule has 1 heterocycles. The average molecular weight is 368 g/mol. The van der Waals surface area contributed by atoms with E-state index in [0.29, 0.717) is 0 Å². The maximum Gasteiger partial charge on any atom is 0.0423 e. The molecule has 1 aromatic carbocycles. The number of benzene rings is 1. The summed E-state index contributed by atoms with van der Waals surface area (Å²) in [4.78, 5) is 4.48. The molecule has 0 saturated heterocycles. The summed E-state index contributed by atoms with van der Waals surface area (Å²) in [6, 6.07) is 10.4. The summed E-state index contributed by atoms with van der Waals surface area (Å²) in [6.45, 7) is 5.28. The molecule has 0 aliphatic rings. The first kappa shape index (κ1) is 16.5. The zero-order valence-corrected chi connectivity index (χ0v) is 14.7. The molecule has 4 heteroatoms. The van der Waals surface area contributed by atoms with E-state index in [0.717, 1.165) is 34.6 Å². The van der Waals surface area contributed by atoms with E-state index in [4.69, 9.17) is 11.6 Å². The number of hydrogen-bond acceptors (Lipinski definition) is 2. The van der Waals surface area contributed by atoms with Crippen molar-refractivity contribution in [3.8, 4) is 0 Å². The lowest BCUT2D eigenvalue weighted by Crippen LogP contribution is -2.25. The van der Waals surface area contributed by atoms with Gasteiger partial charge in [-0.05, 0) is 71.2 Å².